The predicted octanol–water partition coefficient (Wildman–Crippen LogP) is 2.22. The molecule has 1 aromatic rings. The van der Waals surface area contributed by atoms with E-state index in [0.717, 1.165) is 24.2 Å². The van der Waals surface area contributed by atoms with E-state index in [4.69, 9.17) is 4.74 Å². The standard InChI is InChI=1S/C17H23NO3/c1-21-15-8-5-14(6-9-15)7-10-16(19)18-13-17(20)11-3-2-4-12-17/h3,5-6,8-9,11,20H,2,4,7,10,12-13H2,1H3,(H,18,19)/t17-/m0/s1. The number of hydrogen-bond donors (Lipinski definition) is 2. The first-order chi connectivity index (χ1) is 10.1. The third kappa shape index (κ3) is 4.90. The minimum atomic E-state index is -0.867. The molecule has 2 rings (SSSR count). The van der Waals surface area contributed by atoms with Crippen LogP contribution in [0, 0.1) is 0 Å². The number of hydrogen-bond acceptors (Lipinski definition) is 3. The Morgan fingerprint density at radius 2 is 2.14 bits per heavy atom. The fourth-order valence-corrected chi connectivity index (χ4v) is 2.45. The Bertz CT molecular complexity index is 495. The summed E-state index contributed by atoms with van der Waals surface area (Å²) in [5.74, 6) is 0.785. The van der Waals surface area contributed by atoms with E-state index in [2.05, 4.69) is 5.32 Å². The Kier molecular flexibility index (Phi) is 5.39. The van der Waals surface area contributed by atoms with E-state index in [9.17, 15) is 9.90 Å². The molecule has 0 saturated heterocycles. The minimum Gasteiger partial charge on any atom is -0.497 e. The second-order valence-corrected chi connectivity index (χ2v) is 5.52. The van der Waals surface area contributed by atoms with E-state index >= 15 is 0 Å². The first-order valence-electron chi connectivity index (χ1n) is 7.41. The largest absolute Gasteiger partial charge is 0.497 e. The van der Waals surface area contributed by atoms with Crippen molar-refractivity contribution in [2.75, 3.05) is 13.7 Å². The smallest absolute Gasteiger partial charge is 0.220 e. The van der Waals surface area contributed by atoms with Crippen LogP contribution < -0.4 is 10.1 Å². The number of methoxy groups -OCH3 is 1. The first kappa shape index (κ1) is 15.6. The number of benzene rings is 1. The molecule has 1 amide bonds. The minimum absolute atomic E-state index is 0.0294. The fourth-order valence-electron chi connectivity index (χ4n) is 2.45. The molecule has 0 fully saturated rings. The van der Waals surface area contributed by atoms with Crippen molar-refractivity contribution in [2.45, 2.75) is 37.7 Å². The number of amides is 1. The van der Waals surface area contributed by atoms with Crippen LogP contribution in [0.4, 0.5) is 0 Å². The molecule has 0 heterocycles. The van der Waals surface area contributed by atoms with Gasteiger partial charge in [0.05, 0.1) is 12.7 Å². The molecule has 21 heavy (non-hydrogen) atoms. The average molecular weight is 289 g/mol. The number of carbonyl (C=O) groups excluding carboxylic acids is 1. The van der Waals surface area contributed by atoms with Crippen molar-refractivity contribution in [3.63, 3.8) is 0 Å². The number of aryl methyl sites for hydroxylation is 1. The van der Waals surface area contributed by atoms with Crippen molar-refractivity contribution in [3.05, 3.63) is 42.0 Å². The van der Waals surface area contributed by atoms with E-state index < -0.39 is 5.60 Å². The summed E-state index contributed by atoms with van der Waals surface area (Å²) >= 11 is 0. The van der Waals surface area contributed by atoms with E-state index in [0.29, 0.717) is 25.8 Å². The molecular formula is C17H23NO3. The van der Waals surface area contributed by atoms with Gasteiger partial charge < -0.3 is 15.2 Å². The zero-order valence-electron chi connectivity index (χ0n) is 12.5. The molecule has 1 aromatic carbocycles. The highest BCUT2D eigenvalue weighted by Gasteiger charge is 2.25. The summed E-state index contributed by atoms with van der Waals surface area (Å²) < 4.78 is 5.10. The van der Waals surface area contributed by atoms with Gasteiger partial charge in [0.2, 0.25) is 5.91 Å². The molecule has 0 unspecified atom stereocenters. The lowest BCUT2D eigenvalue weighted by molar-refractivity contribution is -0.122. The fraction of sp³-hybridized carbons (Fsp3) is 0.471. The van der Waals surface area contributed by atoms with Gasteiger partial charge in [0.25, 0.3) is 0 Å². The summed E-state index contributed by atoms with van der Waals surface area (Å²) in [6.07, 6.45) is 7.58. The number of ether oxygens (including phenoxy) is 1. The van der Waals surface area contributed by atoms with Crippen LogP contribution in [0.15, 0.2) is 36.4 Å². The van der Waals surface area contributed by atoms with Crippen LogP contribution in [0.1, 0.15) is 31.2 Å². The molecular weight excluding hydrogens is 266 g/mol. The molecule has 0 aromatic heterocycles. The van der Waals surface area contributed by atoms with Gasteiger partial charge in [-0.2, -0.15) is 0 Å². The summed E-state index contributed by atoms with van der Waals surface area (Å²) in [6, 6.07) is 7.71. The van der Waals surface area contributed by atoms with Crippen molar-refractivity contribution < 1.29 is 14.6 Å². The molecule has 2 N–H and O–H groups in total. The maximum atomic E-state index is 11.9. The lowest BCUT2D eigenvalue weighted by Crippen LogP contribution is -2.42. The maximum Gasteiger partial charge on any atom is 0.220 e. The van der Waals surface area contributed by atoms with Crippen LogP contribution in [0.3, 0.4) is 0 Å². The highest BCUT2D eigenvalue weighted by molar-refractivity contribution is 5.76. The molecule has 1 aliphatic carbocycles. The molecule has 0 radical (unpaired) electrons. The van der Waals surface area contributed by atoms with Gasteiger partial charge in [-0.15, -0.1) is 0 Å². The van der Waals surface area contributed by atoms with E-state index in [-0.39, 0.29) is 5.91 Å². The lowest BCUT2D eigenvalue weighted by Gasteiger charge is -2.27. The van der Waals surface area contributed by atoms with Gasteiger partial charge in [0.1, 0.15) is 5.75 Å². The van der Waals surface area contributed by atoms with Crippen molar-refractivity contribution in [2.24, 2.45) is 0 Å². The van der Waals surface area contributed by atoms with Crippen molar-refractivity contribution in [3.8, 4) is 5.75 Å². The summed E-state index contributed by atoms with van der Waals surface area (Å²) in [6.45, 7) is 0.297. The number of nitrogens with one attached hydrogen (secondary N) is 1. The molecule has 4 nitrogen and oxygen atoms in total. The zero-order chi connectivity index (χ0) is 15.1. The number of carbonyl (C=O) groups is 1. The maximum absolute atomic E-state index is 11.9. The van der Waals surface area contributed by atoms with Crippen LogP contribution in [0.5, 0.6) is 5.75 Å². The van der Waals surface area contributed by atoms with Crippen molar-refractivity contribution in [1.29, 1.82) is 0 Å². The van der Waals surface area contributed by atoms with E-state index in [1.807, 2.05) is 30.3 Å². The predicted molar refractivity (Wildman–Crippen MR) is 82.3 cm³/mol. The van der Waals surface area contributed by atoms with Gasteiger partial charge in [-0.3, -0.25) is 4.79 Å². The van der Waals surface area contributed by atoms with E-state index in [1.54, 1.807) is 13.2 Å². The van der Waals surface area contributed by atoms with Crippen LogP contribution >= 0.6 is 0 Å². The van der Waals surface area contributed by atoms with Gasteiger partial charge in [-0.1, -0.05) is 24.3 Å². The molecule has 0 bridgehead atoms. The van der Waals surface area contributed by atoms with Crippen LogP contribution in [-0.2, 0) is 11.2 Å². The van der Waals surface area contributed by atoms with Crippen molar-refractivity contribution in [1.82, 2.24) is 5.32 Å². The summed E-state index contributed by atoms with van der Waals surface area (Å²) in [4.78, 5) is 11.9. The molecule has 1 atom stereocenters. The number of allylic oxidation sites excluding steroid dienone is 1. The quantitative estimate of drug-likeness (QED) is 0.789. The summed E-state index contributed by atoms with van der Waals surface area (Å²) in [7, 11) is 1.63. The Morgan fingerprint density at radius 1 is 1.38 bits per heavy atom. The molecule has 0 spiro atoms. The summed E-state index contributed by atoms with van der Waals surface area (Å²) in [5, 5.41) is 13.1. The Balaban J connectivity index is 1.74. The second-order valence-electron chi connectivity index (χ2n) is 5.52. The zero-order valence-corrected chi connectivity index (χ0v) is 12.5. The number of aliphatic hydroxyl groups is 1. The monoisotopic (exact) mass is 289 g/mol. The second kappa shape index (κ2) is 7.27. The lowest BCUT2D eigenvalue weighted by atomic mass is 9.91. The first-order valence-corrected chi connectivity index (χ1v) is 7.41. The van der Waals surface area contributed by atoms with Gasteiger partial charge in [-0.25, -0.2) is 0 Å². The van der Waals surface area contributed by atoms with Gasteiger partial charge in [0.15, 0.2) is 0 Å². The summed E-state index contributed by atoms with van der Waals surface area (Å²) in [5.41, 5.74) is 0.232. The average Bonchev–Trinajstić information content (AvgIpc) is 2.52. The third-order valence-corrected chi connectivity index (χ3v) is 3.80. The van der Waals surface area contributed by atoms with Gasteiger partial charge in [-0.05, 0) is 43.4 Å². The Morgan fingerprint density at radius 3 is 2.76 bits per heavy atom. The molecule has 0 saturated carbocycles. The SMILES string of the molecule is COc1ccc(CCC(=O)NC[C@]2(O)C=CCCC2)cc1. The van der Waals surface area contributed by atoms with Crippen LogP contribution in [0.25, 0.3) is 0 Å². The van der Waals surface area contributed by atoms with Crippen molar-refractivity contribution >= 4 is 5.91 Å². The Hall–Kier alpha value is -1.81. The van der Waals surface area contributed by atoms with Gasteiger partial charge in [0, 0.05) is 13.0 Å². The number of rotatable bonds is 6. The molecule has 114 valence electrons. The molecule has 0 aliphatic heterocycles. The highest BCUT2D eigenvalue weighted by Crippen LogP contribution is 2.21. The Labute approximate surface area is 125 Å². The molecule has 4 heteroatoms. The van der Waals surface area contributed by atoms with Crippen LogP contribution in [-0.4, -0.2) is 30.3 Å². The highest BCUT2D eigenvalue weighted by atomic mass is 16.5. The van der Waals surface area contributed by atoms with Gasteiger partial charge >= 0.3 is 0 Å². The normalized spacial score (nSPS) is 21.0. The molecule has 1 aliphatic rings. The topological polar surface area (TPSA) is 58.6 Å². The third-order valence-electron chi connectivity index (χ3n) is 3.80. The van der Waals surface area contributed by atoms with E-state index in [1.165, 1.54) is 0 Å². The van der Waals surface area contributed by atoms with Crippen LogP contribution in [0.2, 0.25) is 0 Å².